The van der Waals surface area contributed by atoms with Gasteiger partial charge in [-0.1, -0.05) is 30.3 Å². The third-order valence-corrected chi connectivity index (χ3v) is 4.23. The number of benzene rings is 3. The highest BCUT2D eigenvalue weighted by atomic mass is 19.1. The Balaban J connectivity index is 1.92. The van der Waals surface area contributed by atoms with Crippen LogP contribution in [0.4, 0.5) is 4.39 Å². The quantitative estimate of drug-likeness (QED) is 0.637. The minimum Gasteiger partial charge on any atom is -0.289 e. The minimum atomic E-state index is -0.327. The van der Waals surface area contributed by atoms with Gasteiger partial charge in [-0.25, -0.2) is 4.39 Å². The van der Waals surface area contributed by atoms with E-state index in [1.54, 1.807) is 12.1 Å². The number of halogens is 1. The summed E-state index contributed by atoms with van der Waals surface area (Å²) >= 11 is 0. The van der Waals surface area contributed by atoms with E-state index in [-0.39, 0.29) is 11.6 Å². The summed E-state index contributed by atoms with van der Waals surface area (Å²) in [4.78, 5) is 12.7. The van der Waals surface area contributed by atoms with Gasteiger partial charge in [0.15, 0.2) is 5.78 Å². The maximum atomic E-state index is 13.0. The average molecular weight is 276 g/mol. The summed E-state index contributed by atoms with van der Waals surface area (Å²) in [5, 5.41) is 2.24. The SMILES string of the molecule is O=C(c1ccc(F)cc1)c1ccc2c3c(cccc13)CC2. The fourth-order valence-corrected chi connectivity index (χ4v) is 3.20. The second-order valence-corrected chi connectivity index (χ2v) is 5.45. The molecule has 1 nitrogen and oxygen atoms in total. The average Bonchev–Trinajstić information content (AvgIpc) is 2.93. The second-order valence-electron chi connectivity index (χ2n) is 5.45. The van der Waals surface area contributed by atoms with Crippen molar-refractivity contribution in [2.45, 2.75) is 12.8 Å². The maximum Gasteiger partial charge on any atom is 0.193 e. The van der Waals surface area contributed by atoms with Crippen molar-refractivity contribution in [2.75, 3.05) is 0 Å². The molecular weight excluding hydrogens is 263 g/mol. The van der Waals surface area contributed by atoms with Gasteiger partial charge in [0.2, 0.25) is 0 Å². The number of ketones is 1. The first-order valence-electron chi connectivity index (χ1n) is 7.08. The van der Waals surface area contributed by atoms with Crippen LogP contribution in [0.2, 0.25) is 0 Å². The Morgan fingerprint density at radius 2 is 1.57 bits per heavy atom. The molecule has 0 fully saturated rings. The number of carbonyl (C=O) groups is 1. The number of aryl methyl sites for hydroxylation is 2. The molecular formula is C19H13FO. The Labute approximate surface area is 122 Å². The molecule has 3 aromatic carbocycles. The monoisotopic (exact) mass is 276 g/mol. The molecule has 0 radical (unpaired) electrons. The van der Waals surface area contributed by atoms with E-state index in [1.165, 1.54) is 28.6 Å². The lowest BCUT2D eigenvalue weighted by molar-refractivity contribution is 0.104. The van der Waals surface area contributed by atoms with Crippen LogP contribution in [-0.2, 0) is 12.8 Å². The van der Waals surface area contributed by atoms with Crippen LogP contribution in [0.15, 0.2) is 54.6 Å². The summed E-state index contributed by atoms with van der Waals surface area (Å²) in [6.45, 7) is 0. The van der Waals surface area contributed by atoms with Crippen LogP contribution in [-0.4, -0.2) is 5.78 Å². The van der Waals surface area contributed by atoms with Gasteiger partial charge in [0.25, 0.3) is 0 Å². The number of carbonyl (C=O) groups excluding carboxylic acids is 1. The van der Waals surface area contributed by atoms with Gasteiger partial charge in [0.05, 0.1) is 0 Å². The molecule has 0 N–H and O–H groups in total. The predicted molar refractivity (Wildman–Crippen MR) is 81.2 cm³/mol. The molecule has 0 spiro atoms. The summed E-state index contributed by atoms with van der Waals surface area (Å²) in [6, 6.07) is 15.8. The Kier molecular flexibility index (Phi) is 2.64. The lowest BCUT2D eigenvalue weighted by Gasteiger charge is -2.08. The zero-order valence-electron chi connectivity index (χ0n) is 11.4. The predicted octanol–water partition coefficient (Wildman–Crippen LogP) is 4.31. The van der Waals surface area contributed by atoms with E-state index in [1.807, 2.05) is 18.2 Å². The fourth-order valence-electron chi connectivity index (χ4n) is 3.20. The third kappa shape index (κ3) is 1.87. The summed E-state index contributed by atoms with van der Waals surface area (Å²) in [6.07, 6.45) is 2.09. The highest BCUT2D eigenvalue weighted by molar-refractivity contribution is 6.17. The van der Waals surface area contributed by atoms with Crippen LogP contribution >= 0.6 is 0 Å². The highest BCUT2D eigenvalue weighted by Crippen LogP contribution is 2.33. The molecule has 0 atom stereocenters. The first kappa shape index (κ1) is 12.3. The van der Waals surface area contributed by atoms with Gasteiger partial charge in [-0.2, -0.15) is 0 Å². The van der Waals surface area contributed by atoms with E-state index >= 15 is 0 Å². The molecule has 0 amide bonds. The summed E-state index contributed by atoms with van der Waals surface area (Å²) in [5.41, 5.74) is 3.85. The van der Waals surface area contributed by atoms with Gasteiger partial charge in [0.1, 0.15) is 5.82 Å². The van der Waals surface area contributed by atoms with Gasteiger partial charge in [0, 0.05) is 11.1 Å². The molecule has 0 aliphatic heterocycles. The van der Waals surface area contributed by atoms with Gasteiger partial charge >= 0.3 is 0 Å². The van der Waals surface area contributed by atoms with Crippen molar-refractivity contribution < 1.29 is 9.18 Å². The lowest BCUT2D eigenvalue weighted by atomic mass is 9.95. The Morgan fingerprint density at radius 3 is 2.33 bits per heavy atom. The van der Waals surface area contributed by atoms with Crippen molar-refractivity contribution in [3.63, 3.8) is 0 Å². The molecule has 21 heavy (non-hydrogen) atoms. The molecule has 0 saturated heterocycles. The normalized spacial score (nSPS) is 12.8. The summed E-state index contributed by atoms with van der Waals surface area (Å²) in [7, 11) is 0. The molecule has 0 aromatic heterocycles. The van der Waals surface area contributed by atoms with E-state index in [0.717, 1.165) is 18.2 Å². The van der Waals surface area contributed by atoms with Crippen LogP contribution in [0.5, 0.6) is 0 Å². The number of hydrogen-bond acceptors (Lipinski definition) is 1. The van der Waals surface area contributed by atoms with Crippen molar-refractivity contribution in [1.29, 1.82) is 0 Å². The van der Waals surface area contributed by atoms with Gasteiger partial charge in [-0.3, -0.25) is 4.79 Å². The molecule has 4 rings (SSSR count). The molecule has 0 saturated carbocycles. The van der Waals surface area contributed by atoms with Crippen LogP contribution in [0, 0.1) is 5.82 Å². The molecule has 0 bridgehead atoms. The van der Waals surface area contributed by atoms with Crippen molar-refractivity contribution in [3.8, 4) is 0 Å². The molecule has 1 aliphatic rings. The maximum absolute atomic E-state index is 13.0. The second kappa shape index (κ2) is 4.52. The van der Waals surface area contributed by atoms with Crippen LogP contribution in [0.1, 0.15) is 27.0 Å². The highest BCUT2D eigenvalue weighted by Gasteiger charge is 2.19. The van der Waals surface area contributed by atoms with Crippen LogP contribution in [0.25, 0.3) is 10.8 Å². The van der Waals surface area contributed by atoms with E-state index in [0.29, 0.717) is 11.1 Å². The van der Waals surface area contributed by atoms with E-state index < -0.39 is 0 Å². The molecule has 0 heterocycles. The zero-order chi connectivity index (χ0) is 14.4. The molecule has 1 aliphatic carbocycles. The Morgan fingerprint density at radius 1 is 0.857 bits per heavy atom. The Bertz CT molecular complexity index is 852. The Hall–Kier alpha value is -2.48. The number of rotatable bonds is 2. The molecule has 3 aromatic rings. The van der Waals surface area contributed by atoms with E-state index in [4.69, 9.17) is 0 Å². The van der Waals surface area contributed by atoms with Crippen molar-refractivity contribution >= 4 is 16.6 Å². The van der Waals surface area contributed by atoms with E-state index in [2.05, 4.69) is 12.1 Å². The van der Waals surface area contributed by atoms with Crippen molar-refractivity contribution in [2.24, 2.45) is 0 Å². The van der Waals surface area contributed by atoms with Crippen LogP contribution < -0.4 is 0 Å². The van der Waals surface area contributed by atoms with Gasteiger partial charge < -0.3 is 0 Å². The first-order valence-corrected chi connectivity index (χ1v) is 7.08. The topological polar surface area (TPSA) is 17.1 Å². The molecule has 102 valence electrons. The minimum absolute atomic E-state index is 0.0504. The van der Waals surface area contributed by atoms with Gasteiger partial charge in [-0.05, 0) is 59.0 Å². The first-order chi connectivity index (χ1) is 10.2. The largest absolute Gasteiger partial charge is 0.289 e. The standard InChI is InChI=1S/C19H13FO/c20-15-9-6-14(7-10-15)19(21)17-11-8-13-5-4-12-2-1-3-16(17)18(12)13/h1-3,6-11H,4-5H2. The van der Waals surface area contributed by atoms with Gasteiger partial charge in [-0.15, -0.1) is 0 Å². The smallest absolute Gasteiger partial charge is 0.193 e. The van der Waals surface area contributed by atoms with Crippen LogP contribution in [0.3, 0.4) is 0 Å². The lowest BCUT2D eigenvalue weighted by Crippen LogP contribution is -2.02. The summed E-state index contributed by atoms with van der Waals surface area (Å²) in [5.74, 6) is -0.377. The number of hydrogen-bond donors (Lipinski definition) is 0. The summed E-state index contributed by atoms with van der Waals surface area (Å²) < 4.78 is 13.0. The van der Waals surface area contributed by atoms with E-state index in [9.17, 15) is 9.18 Å². The zero-order valence-corrected chi connectivity index (χ0v) is 11.4. The molecule has 2 heteroatoms. The van der Waals surface area contributed by atoms with Crippen molar-refractivity contribution in [1.82, 2.24) is 0 Å². The fraction of sp³-hybridized carbons (Fsp3) is 0.105. The third-order valence-electron chi connectivity index (χ3n) is 4.23. The van der Waals surface area contributed by atoms with Crippen molar-refractivity contribution in [3.05, 3.63) is 82.7 Å². The molecule has 0 unspecified atom stereocenters.